The number of para-hydroxylation sites is 1. The van der Waals surface area contributed by atoms with Gasteiger partial charge in [-0.15, -0.1) is 0 Å². The van der Waals surface area contributed by atoms with Crippen molar-refractivity contribution in [2.75, 3.05) is 12.4 Å². The molecule has 0 atom stereocenters. The molecule has 0 bridgehead atoms. The number of nitrogens with zero attached hydrogens (tertiary/aromatic N) is 3. The van der Waals surface area contributed by atoms with E-state index >= 15 is 0 Å². The molecule has 0 unspecified atom stereocenters. The van der Waals surface area contributed by atoms with Gasteiger partial charge < -0.3 is 15.4 Å². The van der Waals surface area contributed by atoms with Crippen molar-refractivity contribution in [1.82, 2.24) is 20.3 Å². The van der Waals surface area contributed by atoms with Crippen LogP contribution in [0.1, 0.15) is 37.0 Å². The van der Waals surface area contributed by atoms with Crippen LogP contribution in [-0.2, 0) is 0 Å². The molecule has 7 heteroatoms. The SMILES string of the molecule is CCC(CC)NC(=O)c1ccccc1Nc1nc(-c2cccnc2)nc2ccc(OC)cc12. The molecule has 0 aliphatic rings. The molecule has 0 radical (unpaired) electrons. The molecular formula is C26H27N5O2. The normalized spacial score (nSPS) is 10.9. The lowest BCUT2D eigenvalue weighted by molar-refractivity contribution is 0.0935. The van der Waals surface area contributed by atoms with Gasteiger partial charge in [-0.3, -0.25) is 9.78 Å². The average Bonchev–Trinajstić information content (AvgIpc) is 2.87. The van der Waals surface area contributed by atoms with Gasteiger partial charge in [0.15, 0.2) is 5.82 Å². The predicted molar refractivity (Wildman–Crippen MR) is 131 cm³/mol. The monoisotopic (exact) mass is 441 g/mol. The highest BCUT2D eigenvalue weighted by atomic mass is 16.5. The molecule has 4 aromatic rings. The van der Waals surface area contributed by atoms with Gasteiger partial charge in [-0.1, -0.05) is 26.0 Å². The zero-order valence-corrected chi connectivity index (χ0v) is 19.0. The highest BCUT2D eigenvalue weighted by Gasteiger charge is 2.17. The number of carbonyl (C=O) groups excluding carboxylic acids is 1. The van der Waals surface area contributed by atoms with Crippen LogP contribution in [-0.4, -0.2) is 34.0 Å². The topological polar surface area (TPSA) is 89.0 Å². The Bertz CT molecular complexity index is 1260. The van der Waals surface area contributed by atoms with E-state index in [9.17, 15) is 4.79 Å². The Morgan fingerprint density at radius 1 is 1.03 bits per heavy atom. The maximum Gasteiger partial charge on any atom is 0.253 e. The Morgan fingerprint density at radius 3 is 2.58 bits per heavy atom. The van der Waals surface area contributed by atoms with Gasteiger partial charge in [-0.2, -0.15) is 0 Å². The van der Waals surface area contributed by atoms with Crippen LogP contribution in [0.25, 0.3) is 22.3 Å². The van der Waals surface area contributed by atoms with Crippen molar-refractivity contribution < 1.29 is 9.53 Å². The minimum atomic E-state index is -0.116. The van der Waals surface area contributed by atoms with Gasteiger partial charge >= 0.3 is 0 Å². The number of nitrogens with one attached hydrogen (secondary N) is 2. The molecule has 2 N–H and O–H groups in total. The fourth-order valence-corrected chi connectivity index (χ4v) is 3.63. The summed E-state index contributed by atoms with van der Waals surface area (Å²) < 4.78 is 5.42. The van der Waals surface area contributed by atoms with Crippen LogP contribution in [0.4, 0.5) is 11.5 Å². The molecular weight excluding hydrogens is 414 g/mol. The van der Waals surface area contributed by atoms with Crippen LogP contribution in [0.15, 0.2) is 67.0 Å². The van der Waals surface area contributed by atoms with E-state index in [1.54, 1.807) is 19.5 Å². The Balaban J connectivity index is 1.79. The number of carbonyl (C=O) groups is 1. The molecule has 0 fully saturated rings. The number of rotatable bonds is 8. The van der Waals surface area contributed by atoms with Crippen molar-refractivity contribution in [1.29, 1.82) is 0 Å². The standard InChI is InChI=1S/C26H27N5O2/c1-4-18(5-2)28-26(32)20-10-6-7-11-22(20)30-25-21-15-19(33-3)12-13-23(21)29-24(31-25)17-9-8-14-27-16-17/h6-16,18H,4-5H2,1-3H3,(H,28,32)(H,29,30,31). The summed E-state index contributed by atoms with van der Waals surface area (Å²) in [6.07, 6.45) is 5.19. The fourth-order valence-electron chi connectivity index (χ4n) is 3.63. The van der Waals surface area contributed by atoms with Crippen LogP contribution in [0.5, 0.6) is 5.75 Å². The zero-order valence-electron chi connectivity index (χ0n) is 19.0. The molecule has 2 heterocycles. The number of anilines is 2. The molecule has 0 aliphatic heterocycles. The highest BCUT2D eigenvalue weighted by molar-refractivity contribution is 6.02. The summed E-state index contributed by atoms with van der Waals surface area (Å²) in [4.78, 5) is 26.7. The quantitative estimate of drug-likeness (QED) is 0.382. The second kappa shape index (κ2) is 10.1. The predicted octanol–water partition coefficient (Wildman–Crippen LogP) is 5.36. The van der Waals surface area contributed by atoms with E-state index in [2.05, 4.69) is 29.5 Å². The van der Waals surface area contributed by atoms with Crippen molar-refractivity contribution in [2.24, 2.45) is 0 Å². The zero-order chi connectivity index (χ0) is 23.2. The summed E-state index contributed by atoms with van der Waals surface area (Å²) >= 11 is 0. The maximum atomic E-state index is 13.0. The van der Waals surface area contributed by atoms with Gasteiger partial charge in [0.05, 0.1) is 23.9 Å². The number of aromatic nitrogens is 3. The second-order valence-corrected chi connectivity index (χ2v) is 7.68. The summed E-state index contributed by atoms with van der Waals surface area (Å²) in [5.41, 5.74) is 2.78. The molecule has 0 spiro atoms. The second-order valence-electron chi connectivity index (χ2n) is 7.68. The third kappa shape index (κ3) is 4.92. The third-order valence-electron chi connectivity index (χ3n) is 5.57. The van der Waals surface area contributed by atoms with Crippen molar-refractivity contribution in [3.05, 3.63) is 72.6 Å². The Morgan fingerprint density at radius 2 is 1.85 bits per heavy atom. The highest BCUT2D eigenvalue weighted by Crippen LogP contribution is 2.31. The Labute approximate surface area is 193 Å². The minimum absolute atomic E-state index is 0.116. The molecule has 168 valence electrons. The maximum absolute atomic E-state index is 13.0. The number of hydrogen-bond acceptors (Lipinski definition) is 6. The van der Waals surface area contributed by atoms with Gasteiger partial charge in [-0.05, 0) is 55.3 Å². The van der Waals surface area contributed by atoms with E-state index in [-0.39, 0.29) is 11.9 Å². The first kappa shape index (κ1) is 22.2. The molecule has 2 aromatic carbocycles. The van der Waals surface area contributed by atoms with Crippen molar-refractivity contribution in [3.63, 3.8) is 0 Å². The number of hydrogen-bond donors (Lipinski definition) is 2. The van der Waals surface area contributed by atoms with Crippen molar-refractivity contribution in [2.45, 2.75) is 32.7 Å². The smallest absolute Gasteiger partial charge is 0.253 e. The Hall–Kier alpha value is -4.00. The first-order valence-corrected chi connectivity index (χ1v) is 11.1. The summed E-state index contributed by atoms with van der Waals surface area (Å²) in [5, 5.41) is 7.28. The van der Waals surface area contributed by atoms with E-state index in [4.69, 9.17) is 14.7 Å². The molecule has 33 heavy (non-hydrogen) atoms. The van der Waals surface area contributed by atoms with E-state index in [0.29, 0.717) is 28.6 Å². The third-order valence-corrected chi connectivity index (χ3v) is 5.57. The van der Waals surface area contributed by atoms with E-state index in [0.717, 1.165) is 29.3 Å². The first-order valence-electron chi connectivity index (χ1n) is 11.1. The van der Waals surface area contributed by atoms with Crippen LogP contribution in [0.3, 0.4) is 0 Å². The van der Waals surface area contributed by atoms with E-state index in [1.807, 2.05) is 54.6 Å². The molecule has 1 amide bonds. The fraction of sp³-hybridized carbons (Fsp3) is 0.231. The summed E-state index contributed by atoms with van der Waals surface area (Å²) in [6.45, 7) is 4.14. The molecule has 0 saturated carbocycles. The van der Waals surface area contributed by atoms with Crippen molar-refractivity contribution in [3.8, 4) is 17.1 Å². The number of fused-ring (bicyclic) bond motifs is 1. The number of methoxy groups -OCH3 is 1. The summed E-state index contributed by atoms with van der Waals surface area (Å²) in [6, 6.07) is 17.0. The van der Waals surface area contributed by atoms with E-state index < -0.39 is 0 Å². The van der Waals surface area contributed by atoms with Gasteiger partial charge in [0, 0.05) is 29.4 Å². The first-order chi connectivity index (χ1) is 16.1. The lowest BCUT2D eigenvalue weighted by atomic mass is 10.1. The molecule has 7 nitrogen and oxygen atoms in total. The van der Waals surface area contributed by atoms with Crippen LogP contribution >= 0.6 is 0 Å². The molecule has 0 aliphatic carbocycles. The average molecular weight is 442 g/mol. The minimum Gasteiger partial charge on any atom is -0.497 e. The van der Waals surface area contributed by atoms with Crippen LogP contribution < -0.4 is 15.4 Å². The Kier molecular flexibility index (Phi) is 6.78. The number of amides is 1. The molecule has 2 aromatic heterocycles. The van der Waals surface area contributed by atoms with Gasteiger partial charge in [-0.25, -0.2) is 9.97 Å². The lowest BCUT2D eigenvalue weighted by Crippen LogP contribution is -2.34. The van der Waals surface area contributed by atoms with E-state index in [1.165, 1.54) is 0 Å². The van der Waals surface area contributed by atoms with Gasteiger partial charge in [0.2, 0.25) is 0 Å². The van der Waals surface area contributed by atoms with Crippen LogP contribution in [0.2, 0.25) is 0 Å². The number of benzene rings is 2. The summed E-state index contributed by atoms with van der Waals surface area (Å²) in [7, 11) is 1.62. The van der Waals surface area contributed by atoms with Crippen molar-refractivity contribution >= 4 is 28.3 Å². The number of ether oxygens (including phenoxy) is 1. The number of pyridine rings is 1. The summed E-state index contributed by atoms with van der Waals surface area (Å²) in [5.74, 6) is 1.71. The van der Waals surface area contributed by atoms with Gasteiger partial charge in [0.1, 0.15) is 11.6 Å². The van der Waals surface area contributed by atoms with Gasteiger partial charge in [0.25, 0.3) is 5.91 Å². The largest absolute Gasteiger partial charge is 0.497 e. The molecule has 0 saturated heterocycles. The molecule has 4 rings (SSSR count). The van der Waals surface area contributed by atoms with Crippen LogP contribution in [0, 0.1) is 0 Å². The lowest BCUT2D eigenvalue weighted by Gasteiger charge is -2.18.